The van der Waals surface area contributed by atoms with Gasteiger partial charge in [0.25, 0.3) is 0 Å². The van der Waals surface area contributed by atoms with Crippen molar-refractivity contribution in [1.29, 1.82) is 0 Å². The Hall–Kier alpha value is -1.59. The molecule has 0 saturated carbocycles. The highest BCUT2D eigenvalue weighted by atomic mass is 19.4. The third-order valence-electron chi connectivity index (χ3n) is 6.21. The summed E-state index contributed by atoms with van der Waals surface area (Å²) in [4.78, 5) is 30.7. The van der Waals surface area contributed by atoms with Crippen LogP contribution in [0.4, 0.5) is 18.0 Å². The topological polar surface area (TPSA) is 76.6 Å². The number of carbonyl (C=O) groups is 2. The van der Waals surface area contributed by atoms with E-state index in [0.29, 0.717) is 6.04 Å². The maximum Gasteiger partial charge on any atom is 0.490 e. The molecule has 0 radical (unpaired) electrons. The molecule has 11 heteroatoms. The van der Waals surface area contributed by atoms with Gasteiger partial charge in [-0.25, -0.2) is 9.59 Å². The highest BCUT2D eigenvalue weighted by Gasteiger charge is 2.43. The fourth-order valence-corrected chi connectivity index (χ4v) is 4.58. The first-order valence-electron chi connectivity index (χ1n) is 10.7. The highest BCUT2D eigenvalue weighted by Crippen LogP contribution is 2.25. The highest BCUT2D eigenvalue weighted by molar-refractivity contribution is 5.75. The first-order chi connectivity index (χ1) is 14.3. The van der Waals surface area contributed by atoms with Crippen LogP contribution in [0.1, 0.15) is 25.7 Å². The normalized spacial score (nSPS) is 27.7. The van der Waals surface area contributed by atoms with Gasteiger partial charge in [-0.3, -0.25) is 4.90 Å². The lowest BCUT2D eigenvalue weighted by Crippen LogP contribution is -2.52. The number of likely N-dealkylation sites (tertiary alicyclic amines) is 3. The number of carboxylic acid groups (broad SMARTS) is 1. The number of fused-ring (bicyclic) bond motifs is 1. The molecule has 0 aromatic rings. The molecule has 4 aliphatic heterocycles. The third-order valence-corrected chi connectivity index (χ3v) is 6.21. The number of ether oxygens (including phenoxy) is 1. The fourth-order valence-electron chi connectivity index (χ4n) is 4.58. The van der Waals surface area contributed by atoms with Gasteiger partial charge in [0.1, 0.15) is 0 Å². The van der Waals surface area contributed by atoms with Gasteiger partial charge in [-0.15, -0.1) is 0 Å². The number of aliphatic carboxylic acids is 1. The Morgan fingerprint density at radius 1 is 0.900 bits per heavy atom. The lowest BCUT2D eigenvalue weighted by atomic mass is 10.1. The lowest BCUT2D eigenvalue weighted by molar-refractivity contribution is -0.192. The molecule has 4 fully saturated rings. The molecule has 4 heterocycles. The number of morpholine rings is 1. The van der Waals surface area contributed by atoms with E-state index in [2.05, 4.69) is 9.80 Å². The summed E-state index contributed by atoms with van der Waals surface area (Å²) >= 11 is 0. The number of halogens is 3. The monoisotopic (exact) mass is 436 g/mol. The molecule has 2 amide bonds. The molecule has 0 unspecified atom stereocenters. The lowest BCUT2D eigenvalue weighted by Gasteiger charge is -2.37. The van der Waals surface area contributed by atoms with Crippen molar-refractivity contribution < 1.29 is 32.6 Å². The molecule has 30 heavy (non-hydrogen) atoms. The van der Waals surface area contributed by atoms with Gasteiger partial charge in [0.15, 0.2) is 0 Å². The quantitative estimate of drug-likeness (QED) is 0.719. The van der Waals surface area contributed by atoms with Gasteiger partial charge in [0, 0.05) is 39.3 Å². The number of nitrogens with zero attached hydrogens (tertiary/aromatic N) is 4. The molecule has 172 valence electrons. The summed E-state index contributed by atoms with van der Waals surface area (Å²) in [6, 6.07) is 0.637. The number of hydrogen-bond donors (Lipinski definition) is 1. The third kappa shape index (κ3) is 5.98. The molecule has 4 saturated heterocycles. The Morgan fingerprint density at radius 3 is 2.10 bits per heavy atom. The zero-order valence-electron chi connectivity index (χ0n) is 17.1. The van der Waals surface area contributed by atoms with Crippen molar-refractivity contribution >= 4 is 12.0 Å². The molecule has 0 aliphatic carbocycles. The molecule has 1 N–H and O–H groups in total. The summed E-state index contributed by atoms with van der Waals surface area (Å²) in [7, 11) is 0. The van der Waals surface area contributed by atoms with Crippen LogP contribution in [0.5, 0.6) is 0 Å². The zero-order chi connectivity index (χ0) is 21.7. The van der Waals surface area contributed by atoms with Crippen molar-refractivity contribution in [2.45, 2.75) is 44.0 Å². The van der Waals surface area contributed by atoms with E-state index in [1.165, 1.54) is 32.5 Å². The van der Waals surface area contributed by atoms with E-state index in [9.17, 15) is 18.0 Å². The van der Waals surface area contributed by atoms with Crippen LogP contribution in [0.25, 0.3) is 0 Å². The summed E-state index contributed by atoms with van der Waals surface area (Å²) in [5, 5.41) is 7.12. The van der Waals surface area contributed by atoms with Gasteiger partial charge in [-0.2, -0.15) is 13.2 Å². The Balaban J connectivity index is 0.000000318. The minimum Gasteiger partial charge on any atom is -0.475 e. The zero-order valence-corrected chi connectivity index (χ0v) is 17.1. The van der Waals surface area contributed by atoms with E-state index in [1.54, 1.807) is 0 Å². The first kappa shape index (κ1) is 23.1. The van der Waals surface area contributed by atoms with Crippen LogP contribution in [-0.2, 0) is 9.53 Å². The van der Waals surface area contributed by atoms with E-state index in [-0.39, 0.29) is 12.1 Å². The summed E-state index contributed by atoms with van der Waals surface area (Å²) in [5.41, 5.74) is 0. The van der Waals surface area contributed by atoms with Gasteiger partial charge in [-0.1, -0.05) is 0 Å². The number of amides is 2. The molecule has 0 aromatic carbocycles. The van der Waals surface area contributed by atoms with Crippen molar-refractivity contribution in [3.8, 4) is 0 Å². The molecular weight excluding hydrogens is 405 g/mol. The molecular formula is C19H31F3N4O4. The second kappa shape index (κ2) is 10.1. The molecule has 8 nitrogen and oxygen atoms in total. The Morgan fingerprint density at radius 2 is 1.50 bits per heavy atom. The maximum atomic E-state index is 12.6. The van der Waals surface area contributed by atoms with E-state index >= 15 is 0 Å². The van der Waals surface area contributed by atoms with Crippen molar-refractivity contribution in [2.75, 3.05) is 65.5 Å². The van der Waals surface area contributed by atoms with Gasteiger partial charge in [0.2, 0.25) is 0 Å². The minimum absolute atomic E-state index is 0.217. The average Bonchev–Trinajstić information content (AvgIpc) is 3.47. The van der Waals surface area contributed by atoms with Gasteiger partial charge in [0.05, 0.1) is 25.3 Å². The molecule has 0 aromatic heterocycles. The molecule has 4 aliphatic rings. The second-order valence-corrected chi connectivity index (χ2v) is 8.25. The Bertz CT molecular complexity index is 595. The smallest absolute Gasteiger partial charge is 0.475 e. The number of rotatable bonds is 3. The summed E-state index contributed by atoms with van der Waals surface area (Å²) in [6.45, 7) is 10.1. The SMILES string of the molecule is O=C(N1CCCC1)N1C[C@@H]2OCCN(CCN3CCCC3)[C@@H]2C1.O=C(O)C(F)(F)F. The van der Waals surface area contributed by atoms with Crippen LogP contribution in [0.15, 0.2) is 0 Å². The summed E-state index contributed by atoms with van der Waals surface area (Å²) in [5.74, 6) is -2.76. The number of alkyl halides is 3. The Kier molecular flexibility index (Phi) is 7.81. The summed E-state index contributed by atoms with van der Waals surface area (Å²) in [6.07, 6.45) is 0.157. The minimum atomic E-state index is -5.08. The van der Waals surface area contributed by atoms with Crippen LogP contribution in [0.3, 0.4) is 0 Å². The van der Waals surface area contributed by atoms with Crippen LogP contribution < -0.4 is 0 Å². The van der Waals surface area contributed by atoms with Crippen LogP contribution >= 0.6 is 0 Å². The van der Waals surface area contributed by atoms with Crippen LogP contribution in [0, 0.1) is 0 Å². The van der Waals surface area contributed by atoms with Crippen molar-refractivity contribution in [1.82, 2.24) is 19.6 Å². The molecule has 0 bridgehead atoms. The molecule has 0 spiro atoms. The number of hydrogen-bond acceptors (Lipinski definition) is 5. The number of urea groups is 1. The average molecular weight is 436 g/mol. The van der Waals surface area contributed by atoms with Gasteiger partial charge < -0.3 is 24.5 Å². The molecule has 2 atom stereocenters. The fraction of sp³-hybridized carbons (Fsp3) is 0.895. The number of carbonyl (C=O) groups excluding carboxylic acids is 1. The molecule has 4 rings (SSSR count). The predicted octanol–water partition coefficient (Wildman–Crippen LogP) is 1.32. The van der Waals surface area contributed by atoms with Crippen LogP contribution in [-0.4, -0.2) is 121 Å². The van der Waals surface area contributed by atoms with E-state index in [4.69, 9.17) is 14.6 Å². The van der Waals surface area contributed by atoms with Crippen molar-refractivity contribution in [3.05, 3.63) is 0 Å². The Labute approximate surface area is 174 Å². The predicted molar refractivity (Wildman–Crippen MR) is 102 cm³/mol. The van der Waals surface area contributed by atoms with Gasteiger partial charge in [-0.05, 0) is 38.8 Å². The first-order valence-corrected chi connectivity index (χ1v) is 10.7. The summed E-state index contributed by atoms with van der Waals surface area (Å²) < 4.78 is 37.7. The maximum absolute atomic E-state index is 12.6. The van der Waals surface area contributed by atoms with E-state index in [1.807, 2.05) is 9.80 Å². The van der Waals surface area contributed by atoms with Gasteiger partial charge >= 0.3 is 18.2 Å². The second-order valence-electron chi connectivity index (χ2n) is 8.25. The largest absolute Gasteiger partial charge is 0.490 e. The number of carboxylic acids is 1. The standard InChI is InChI=1S/C17H30N4O2.C2HF3O2/c22-17(20-7-3-4-8-20)21-13-15-16(14-21)23-12-11-19(15)10-9-18-5-1-2-6-18;3-2(4,5)1(6)7/h15-16H,1-14H2;(H,6,7)/t15-,16+;/m1./s1. The van der Waals surface area contributed by atoms with E-state index in [0.717, 1.165) is 58.7 Å². The van der Waals surface area contributed by atoms with Crippen LogP contribution in [0.2, 0.25) is 0 Å². The van der Waals surface area contributed by atoms with E-state index < -0.39 is 12.1 Å². The van der Waals surface area contributed by atoms with Crippen molar-refractivity contribution in [2.24, 2.45) is 0 Å². The van der Waals surface area contributed by atoms with Crippen molar-refractivity contribution in [3.63, 3.8) is 0 Å².